The van der Waals surface area contributed by atoms with Crippen LogP contribution in [0.15, 0.2) is 24.3 Å². The molecule has 1 amide bonds. The Bertz CT molecular complexity index is 526. The average molecular weight is 319 g/mol. The molecule has 0 radical (unpaired) electrons. The molecular weight excluding hydrogens is 293 g/mol. The van der Waals surface area contributed by atoms with E-state index in [9.17, 15) is 4.79 Å². The van der Waals surface area contributed by atoms with Crippen molar-refractivity contribution in [1.82, 2.24) is 5.32 Å². The summed E-state index contributed by atoms with van der Waals surface area (Å²) in [5.41, 5.74) is 1.61. The zero-order chi connectivity index (χ0) is 17.1. The highest BCUT2D eigenvalue weighted by molar-refractivity contribution is 6.62. The predicted octanol–water partition coefficient (Wildman–Crippen LogP) is 2.58. The fourth-order valence-electron chi connectivity index (χ4n) is 2.47. The summed E-state index contributed by atoms with van der Waals surface area (Å²) in [7, 11) is -0.325. The lowest BCUT2D eigenvalue weighted by Crippen LogP contribution is -2.41. The number of carbonyl (C=O) groups is 1. The summed E-state index contributed by atoms with van der Waals surface area (Å²) in [4.78, 5) is 10.4. The summed E-state index contributed by atoms with van der Waals surface area (Å²) in [6.07, 6.45) is 1.77. The quantitative estimate of drug-likeness (QED) is 0.625. The highest BCUT2D eigenvalue weighted by Crippen LogP contribution is 2.36. The lowest BCUT2D eigenvalue weighted by molar-refractivity contribution is 0.00578. The highest BCUT2D eigenvalue weighted by Gasteiger charge is 2.51. The van der Waals surface area contributed by atoms with E-state index < -0.39 is 6.09 Å². The number of unbranched alkanes of at least 4 members (excludes halogenated alkanes) is 1. The second-order valence-corrected chi connectivity index (χ2v) is 7.02. The van der Waals surface area contributed by atoms with Crippen molar-refractivity contribution in [1.29, 1.82) is 0 Å². The van der Waals surface area contributed by atoms with Crippen LogP contribution in [0.25, 0.3) is 0 Å². The molecular formula is C17H26BNO4. The van der Waals surface area contributed by atoms with Crippen molar-refractivity contribution in [2.45, 2.75) is 58.2 Å². The van der Waals surface area contributed by atoms with Crippen LogP contribution in [0, 0.1) is 0 Å². The number of aryl methyl sites for hydroxylation is 1. The molecule has 0 saturated carbocycles. The minimum absolute atomic E-state index is 0.325. The zero-order valence-corrected chi connectivity index (χ0v) is 14.4. The fourth-order valence-corrected chi connectivity index (χ4v) is 2.47. The first-order valence-electron chi connectivity index (χ1n) is 8.12. The van der Waals surface area contributed by atoms with Crippen molar-refractivity contribution in [3.05, 3.63) is 29.8 Å². The fraction of sp³-hybridized carbons (Fsp3) is 0.588. The predicted molar refractivity (Wildman–Crippen MR) is 91.1 cm³/mol. The Labute approximate surface area is 138 Å². The third-order valence-corrected chi connectivity index (χ3v) is 4.67. The third-order valence-electron chi connectivity index (χ3n) is 4.67. The van der Waals surface area contributed by atoms with Gasteiger partial charge in [0.1, 0.15) is 0 Å². The van der Waals surface area contributed by atoms with Gasteiger partial charge in [-0.05, 0) is 58.0 Å². The van der Waals surface area contributed by atoms with E-state index in [1.54, 1.807) is 0 Å². The van der Waals surface area contributed by atoms with Crippen LogP contribution in [0.4, 0.5) is 4.79 Å². The molecule has 1 aliphatic heterocycles. The summed E-state index contributed by atoms with van der Waals surface area (Å²) in [6, 6.07) is 8.27. The summed E-state index contributed by atoms with van der Waals surface area (Å²) in [5.74, 6) is 0. The standard InChI is InChI=1S/C17H26BNO4/c1-16(2)17(3,4)23-18(22-16)14-10-8-13(9-11-14)7-5-6-12-19-15(20)21/h8-11,19H,5-7,12H2,1-4H3,(H,20,21). The number of hydrogen-bond acceptors (Lipinski definition) is 3. The minimum Gasteiger partial charge on any atom is -0.465 e. The van der Waals surface area contributed by atoms with Gasteiger partial charge in [0, 0.05) is 6.54 Å². The monoisotopic (exact) mass is 319 g/mol. The minimum atomic E-state index is -0.961. The first-order chi connectivity index (χ1) is 10.7. The summed E-state index contributed by atoms with van der Waals surface area (Å²) < 4.78 is 12.1. The van der Waals surface area contributed by atoms with Gasteiger partial charge in [-0.2, -0.15) is 0 Å². The van der Waals surface area contributed by atoms with Crippen LogP contribution in [0.1, 0.15) is 46.1 Å². The number of benzene rings is 1. The van der Waals surface area contributed by atoms with E-state index in [1.807, 2.05) is 39.8 Å². The lowest BCUT2D eigenvalue weighted by Gasteiger charge is -2.32. The van der Waals surface area contributed by atoms with Gasteiger partial charge in [0.25, 0.3) is 0 Å². The molecule has 0 aromatic heterocycles. The molecule has 1 heterocycles. The molecule has 2 rings (SSSR count). The van der Waals surface area contributed by atoms with E-state index in [0.717, 1.165) is 24.7 Å². The maximum absolute atomic E-state index is 10.4. The van der Waals surface area contributed by atoms with Gasteiger partial charge in [0.05, 0.1) is 11.2 Å². The molecule has 6 heteroatoms. The Morgan fingerprint density at radius 3 is 2.17 bits per heavy atom. The van der Waals surface area contributed by atoms with E-state index in [0.29, 0.717) is 6.54 Å². The molecule has 1 aromatic rings. The van der Waals surface area contributed by atoms with Crippen LogP contribution in [0.5, 0.6) is 0 Å². The Morgan fingerprint density at radius 1 is 1.09 bits per heavy atom. The third kappa shape index (κ3) is 4.48. The molecule has 0 atom stereocenters. The van der Waals surface area contributed by atoms with Gasteiger partial charge in [0.15, 0.2) is 0 Å². The van der Waals surface area contributed by atoms with E-state index in [2.05, 4.69) is 17.4 Å². The summed E-state index contributed by atoms with van der Waals surface area (Å²) in [5, 5.41) is 10.9. The Morgan fingerprint density at radius 2 is 1.65 bits per heavy atom. The SMILES string of the molecule is CC1(C)OB(c2ccc(CCCCNC(=O)O)cc2)OC1(C)C. The second-order valence-electron chi connectivity index (χ2n) is 7.02. The van der Waals surface area contributed by atoms with E-state index >= 15 is 0 Å². The van der Waals surface area contributed by atoms with Crippen LogP contribution in [0.2, 0.25) is 0 Å². The van der Waals surface area contributed by atoms with Gasteiger partial charge in [-0.15, -0.1) is 0 Å². The van der Waals surface area contributed by atoms with Crippen molar-refractivity contribution in [2.24, 2.45) is 0 Å². The molecule has 1 aromatic carbocycles. The molecule has 23 heavy (non-hydrogen) atoms. The van der Waals surface area contributed by atoms with Gasteiger partial charge in [-0.25, -0.2) is 4.79 Å². The van der Waals surface area contributed by atoms with Crippen LogP contribution in [-0.4, -0.2) is 36.1 Å². The van der Waals surface area contributed by atoms with Crippen molar-refractivity contribution in [3.63, 3.8) is 0 Å². The highest BCUT2D eigenvalue weighted by atomic mass is 16.7. The molecule has 1 saturated heterocycles. The second kappa shape index (κ2) is 6.93. The summed E-state index contributed by atoms with van der Waals surface area (Å²) in [6.45, 7) is 8.69. The van der Waals surface area contributed by atoms with Gasteiger partial charge in [0.2, 0.25) is 0 Å². The normalized spacial score (nSPS) is 18.9. The number of hydrogen-bond donors (Lipinski definition) is 2. The van der Waals surface area contributed by atoms with E-state index in [-0.39, 0.29) is 18.3 Å². The van der Waals surface area contributed by atoms with Crippen LogP contribution < -0.4 is 10.8 Å². The maximum atomic E-state index is 10.4. The Kier molecular flexibility index (Phi) is 5.37. The van der Waals surface area contributed by atoms with Gasteiger partial charge >= 0.3 is 13.2 Å². The van der Waals surface area contributed by atoms with Crippen molar-refractivity contribution in [2.75, 3.05) is 6.54 Å². The first kappa shape index (κ1) is 17.8. The number of carboxylic acid groups (broad SMARTS) is 1. The molecule has 5 nitrogen and oxygen atoms in total. The number of nitrogens with one attached hydrogen (secondary N) is 1. The summed E-state index contributed by atoms with van der Waals surface area (Å²) >= 11 is 0. The van der Waals surface area contributed by atoms with E-state index in [4.69, 9.17) is 14.4 Å². The largest absolute Gasteiger partial charge is 0.494 e. The molecule has 0 spiro atoms. The molecule has 0 bridgehead atoms. The van der Waals surface area contributed by atoms with Crippen LogP contribution in [-0.2, 0) is 15.7 Å². The molecule has 2 N–H and O–H groups in total. The first-order valence-corrected chi connectivity index (χ1v) is 8.12. The van der Waals surface area contributed by atoms with Crippen molar-refractivity contribution < 1.29 is 19.2 Å². The smallest absolute Gasteiger partial charge is 0.465 e. The Balaban J connectivity index is 1.85. The van der Waals surface area contributed by atoms with Crippen molar-refractivity contribution >= 4 is 18.7 Å². The molecule has 0 aliphatic carbocycles. The average Bonchev–Trinajstić information content (AvgIpc) is 2.67. The number of amides is 1. The zero-order valence-electron chi connectivity index (χ0n) is 14.4. The van der Waals surface area contributed by atoms with Gasteiger partial charge < -0.3 is 19.7 Å². The molecule has 126 valence electrons. The number of rotatable bonds is 6. The molecule has 1 aliphatic rings. The molecule has 0 unspecified atom stereocenters. The van der Waals surface area contributed by atoms with E-state index in [1.165, 1.54) is 5.56 Å². The van der Waals surface area contributed by atoms with Gasteiger partial charge in [-0.3, -0.25) is 0 Å². The Hall–Kier alpha value is -1.53. The maximum Gasteiger partial charge on any atom is 0.494 e. The van der Waals surface area contributed by atoms with Gasteiger partial charge in [-0.1, -0.05) is 24.3 Å². The van der Waals surface area contributed by atoms with Crippen LogP contribution in [0.3, 0.4) is 0 Å². The van der Waals surface area contributed by atoms with Crippen LogP contribution >= 0.6 is 0 Å². The van der Waals surface area contributed by atoms with Crippen molar-refractivity contribution in [3.8, 4) is 0 Å². The lowest BCUT2D eigenvalue weighted by atomic mass is 9.78. The topological polar surface area (TPSA) is 67.8 Å². The molecule has 1 fully saturated rings.